The van der Waals surface area contributed by atoms with Gasteiger partial charge in [-0.15, -0.1) is 0 Å². The number of amides is 2. The lowest BCUT2D eigenvalue weighted by Crippen LogP contribution is -2.37. The zero-order valence-electron chi connectivity index (χ0n) is 11.0. The van der Waals surface area contributed by atoms with Gasteiger partial charge in [-0.1, -0.05) is 12.2 Å². The minimum Gasteiger partial charge on any atom is -0.393 e. The lowest BCUT2D eigenvalue weighted by atomic mass is 9.87. The minimum atomic E-state index is -0.199. The first kappa shape index (κ1) is 12.6. The lowest BCUT2D eigenvalue weighted by molar-refractivity contribution is -0.138. The normalized spacial score (nSPS) is 31.1. The molecule has 2 amide bonds. The van der Waals surface area contributed by atoms with Crippen molar-refractivity contribution in [2.24, 2.45) is 5.92 Å². The van der Waals surface area contributed by atoms with Gasteiger partial charge in [-0.2, -0.15) is 0 Å². The first-order valence-electron chi connectivity index (χ1n) is 7.10. The highest BCUT2D eigenvalue weighted by Gasteiger charge is 2.38. The highest BCUT2D eigenvalue weighted by atomic mass is 16.3. The molecule has 0 spiro atoms. The van der Waals surface area contributed by atoms with Gasteiger partial charge in [0, 0.05) is 17.7 Å². The molecule has 1 fully saturated rings. The van der Waals surface area contributed by atoms with Crippen LogP contribution < -0.4 is 0 Å². The molecular weight excluding hydrogens is 242 g/mol. The van der Waals surface area contributed by atoms with Crippen LogP contribution in [0.25, 0.3) is 0 Å². The topological polar surface area (TPSA) is 57.6 Å². The smallest absolute Gasteiger partial charge is 0.261 e. The fraction of sp³-hybridized carbons (Fsp3) is 0.600. The van der Waals surface area contributed by atoms with E-state index in [9.17, 15) is 14.7 Å². The number of aliphatic hydroxyl groups excluding tert-OH is 1. The van der Waals surface area contributed by atoms with Crippen molar-refractivity contribution in [3.05, 3.63) is 23.3 Å². The fourth-order valence-electron chi connectivity index (χ4n) is 3.24. The molecule has 2 aliphatic carbocycles. The molecule has 1 saturated carbocycles. The molecule has 0 aromatic rings. The predicted octanol–water partition coefficient (Wildman–Crippen LogP) is 1.55. The van der Waals surface area contributed by atoms with E-state index in [1.54, 1.807) is 6.08 Å². The number of carbonyl (C=O) groups excluding carboxylic acids is 2. The molecule has 0 bridgehead atoms. The van der Waals surface area contributed by atoms with Crippen molar-refractivity contribution in [1.82, 2.24) is 4.90 Å². The van der Waals surface area contributed by atoms with Crippen molar-refractivity contribution in [1.29, 1.82) is 0 Å². The molecule has 4 heteroatoms. The zero-order valence-corrected chi connectivity index (χ0v) is 11.0. The summed E-state index contributed by atoms with van der Waals surface area (Å²) in [5.74, 6) is 0.138. The van der Waals surface area contributed by atoms with Crippen molar-refractivity contribution in [3.8, 4) is 0 Å². The summed E-state index contributed by atoms with van der Waals surface area (Å²) in [6, 6.07) is 0. The minimum absolute atomic E-state index is 0.0875. The van der Waals surface area contributed by atoms with Gasteiger partial charge in [0.15, 0.2) is 0 Å². The van der Waals surface area contributed by atoms with Crippen LogP contribution in [0.5, 0.6) is 0 Å². The van der Waals surface area contributed by atoms with E-state index in [1.165, 1.54) is 4.90 Å². The highest BCUT2D eigenvalue weighted by molar-refractivity contribution is 6.20. The van der Waals surface area contributed by atoms with E-state index in [1.807, 2.05) is 6.08 Å². The Kier molecular flexibility index (Phi) is 3.27. The molecule has 1 heterocycles. The van der Waals surface area contributed by atoms with Crippen molar-refractivity contribution in [2.75, 3.05) is 6.54 Å². The summed E-state index contributed by atoms with van der Waals surface area (Å²) in [6.45, 7) is 0.519. The molecular formula is C15H19NO3. The van der Waals surface area contributed by atoms with Crippen LogP contribution >= 0.6 is 0 Å². The van der Waals surface area contributed by atoms with Gasteiger partial charge in [0.1, 0.15) is 0 Å². The number of aliphatic hydroxyl groups is 1. The molecule has 0 unspecified atom stereocenters. The van der Waals surface area contributed by atoms with Crippen molar-refractivity contribution < 1.29 is 14.7 Å². The van der Waals surface area contributed by atoms with Gasteiger partial charge in [-0.05, 0) is 44.4 Å². The number of hydrogen-bond donors (Lipinski definition) is 1. The van der Waals surface area contributed by atoms with Gasteiger partial charge in [0.05, 0.1) is 6.10 Å². The van der Waals surface area contributed by atoms with Crippen molar-refractivity contribution in [3.63, 3.8) is 0 Å². The Morgan fingerprint density at radius 1 is 1.16 bits per heavy atom. The summed E-state index contributed by atoms with van der Waals surface area (Å²) in [6.07, 6.45) is 8.47. The standard InChI is InChI=1S/C15H19NO3/c17-11-7-5-10(6-8-11)9-16-14(18)12-3-1-2-4-13(12)15(16)19/h1,3,10-11,17H,2,4-9H2. The highest BCUT2D eigenvalue weighted by Crippen LogP contribution is 2.32. The van der Waals surface area contributed by atoms with E-state index in [-0.39, 0.29) is 17.9 Å². The van der Waals surface area contributed by atoms with Gasteiger partial charge in [-0.25, -0.2) is 0 Å². The SMILES string of the molecule is O=C1C2=C(CCC=C2)C(=O)N1CC1CCC(O)CC1. The Morgan fingerprint density at radius 3 is 2.58 bits per heavy atom. The van der Waals surface area contributed by atoms with Crippen LogP contribution in [0, 0.1) is 5.92 Å². The summed E-state index contributed by atoms with van der Waals surface area (Å²) in [5.41, 5.74) is 1.30. The molecule has 1 N–H and O–H groups in total. The Balaban J connectivity index is 1.69. The maximum Gasteiger partial charge on any atom is 0.261 e. The lowest BCUT2D eigenvalue weighted by Gasteiger charge is -2.28. The van der Waals surface area contributed by atoms with Gasteiger partial charge in [0.2, 0.25) is 0 Å². The molecule has 0 aromatic carbocycles. The van der Waals surface area contributed by atoms with Gasteiger partial charge in [0.25, 0.3) is 11.8 Å². The summed E-state index contributed by atoms with van der Waals surface area (Å²) >= 11 is 0. The average Bonchev–Trinajstić information content (AvgIpc) is 2.67. The molecule has 0 atom stereocenters. The second-order valence-electron chi connectivity index (χ2n) is 5.73. The van der Waals surface area contributed by atoms with E-state index < -0.39 is 0 Å². The first-order valence-corrected chi connectivity index (χ1v) is 7.10. The van der Waals surface area contributed by atoms with Crippen LogP contribution in [0.1, 0.15) is 38.5 Å². The van der Waals surface area contributed by atoms with Crippen LogP contribution in [-0.2, 0) is 9.59 Å². The molecule has 0 aromatic heterocycles. The summed E-state index contributed by atoms with van der Waals surface area (Å²) in [7, 11) is 0. The van der Waals surface area contributed by atoms with Crippen LogP contribution in [0.3, 0.4) is 0 Å². The van der Waals surface area contributed by atoms with Gasteiger partial charge >= 0.3 is 0 Å². The van der Waals surface area contributed by atoms with Crippen LogP contribution in [-0.4, -0.2) is 34.5 Å². The molecule has 19 heavy (non-hydrogen) atoms. The number of hydrogen-bond acceptors (Lipinski definition) is 3. The third-order valence-corrected chi connectivity index (χ3v) is 4.41. The van der Waals surface area contributed by atoms with Crippen LogP contribution in [0.2, 0.25) is 0 Å². The number of carbonyl (C=O) groups is 2. The Morgan fingerprint density at radius 2 is 1.89 bits per heavy atom. The monoisotopic (exact) mass is 261 g/mol. The largest absolute Gasteiger partial charge is 0.393 e. The van der Waals surface area contributed by atoms with E-state index in [0.29, 0.717) is 30.0 Å². The summed E-state index contributed by atoms with van der Waals surface area (Å²) in [4.78, 5) is 25.9. The molecule has 3 aliphatic rings. The summed E-state index contributed by atoms with van der Waals surface area (Å²) < 4.78 is 0. The number of imide groups is 1. The van der Waals surface area contributed by atoms with E-state index in [2.05, 4.69) is 0 Å². The third-order valence-electron chi connectivity index (χ3n) is 4.41. The van der Waals surface area contributed by atoms with Gasteiger partial charge in [-0.3, -0.25) is 14.5 Å². The number of nitrogens with zero attached hydrogens (tertiary/aromatic N) is 1. The fourth-order valence-corrected chi connectivity index (χ4v) is 3.24. The first-order chi connectivity index (χ1) is 9.16. The predicted molar refractivity (Wildman–Crippen MR) is 70.1 cm³/mol. The van der Waals surface area contributed by atoms with E-state index >= 15 is 0 Å². The Labute approximate surface area is 112 Å². The van der Waals surface area contributed by atoms with Crippen LogP contribution in [0.4, 0.5) is 0 Å². The maximum atomic E-state index is 12.3. The second-order valence-corrected chi connectivity index (χ2v) is 5.73. The second kappa shape index (κ2) is 4.93. The third kappa shape index (κ3) is 2.25. The quantitative estimate of drug-likeness (QED) is 0.767. The number of rotatable bonds is 2. The zero-order chi connectivity index (χ0) is 13.4. The van der Waals surface area contributed by atoms with Crippen LogP contribution in [0.15, 0.2) is 23.3 Å². The molecule has 4 nitrogen and oxygen atoms in total. The van der Waals surface area contributed by atoms with E-state index in [0.717, 1.165) is 32.1 Å². The Bertz CT molecular complexity index is 470. The average molecular weight is 261 g/mol. The van der Waals surface area contributed by atoms with Crippen molar-refractivity contribution in [2.45, 2.75) is 44.6 Å². The van der Waals surface area contributed by atoms with E-state index in [4.69, 9.17) is 0 Å². The molecule has 102 valence electrons. The van der Waals surface area contributed by atoms with Crippen molar-refractivity contribution >= 4 is 11.8 Å². The summed E-state index contributed by atoms with van der Waals surface area (Å²) in [5, 5.41) is 9.50. The maximum absolute atomic E-state index is 12.3. The molecule has 0 radical (unpaired) electrons. The number of allylic oxidation sites excluding steroid dienone is 1. The molecule has 1 aliphatic heterocycles. The molecule has 0 saturated heterocycles. The molecule has 3 rings (SSSR count). The van der Waals surface area contributed by atoms with Gasteiger partial charge < -0.3 is 5.11 Å². The Hall–Kier alpha value is -1.42.